The van der Waals surface area contributed by atoms with Crippen molar-refractivity contribution in [1.82, 2.24) is 5.32 Å². The van der Waals surface area contributed by atoms with Crippen molar-refractivity contribution in [1.29, 1.82) is 5.26 Å². The molecule has 1 aromatic carbocycles. The molecule has 2 aliphatic rings. The molecule has 2 N–H and O–H groups in total. The average molecular weight is 242 g/mol. The topological polar surface area (TPSA) is 56.0 Å². The summed E-state index contributed by atoms with van der Waals surface area (Å²) in [5.41, 5.74) is 2.55. The third-order valence-electron chi connectivity index (χ3n) is 4.30. The molecule has 3 nitrogen and oxygen atoms in total. The molecule has 1 aromatic rings. The van der Waals surface area contributed by atoms with Gasteiger partial charge in [0.25, 0.3) is 0 Å². The van der Waals surface area contributed by atoms with Crippen LogP contribution in [0.3, 0.4) is 0 Å². The van der Waals surface area contributed by atoms with E-state index in [1.165, 1.54) is 11.1 Å². The smallest absolute Gasteiger partial charge is 0.115 e. The highest BCUT2D eigenvalue weighted by atomic mass is 16.3. The number of nitrogens with zero attached hydrogens (tertiary/aromatic N) is 1. The highest BCUT2D eigenvalue weighted by Crippen LogP contribution is 2.35. The van der Waals surface area contributed by atoms with Crippen LogP contribution in [0, 0.1) is 17.2 Å². The van der Waals surface area contributed by atoms with Crippen molar-refractivity contribution >= 4 is 0 Å². The first-order valence-corrected chi connectivity index (χ1v) is 6.75. The Balaban J connectivity index is 1.75. The Bertz CT molecular complexity index is 492. The largest absolute Gasteiger partial charge is 0.508 e. The molecular weight excluding hydrogens is 224 g/mol. The van der Waals surface area contributed by atoms with Crippen LogP contribution in [0.2, 0.25) is 0 Å². The molecule has 3 atom stereocenters. The van der Waals surface area contributed by atoms with Gasteiger partial charge in [0.2, 0.25) is 0 Å². The summed E-state index contributed by atoms with van der Waals surface area (Å²) in [5, 5.41) is 22.3. The number of rotatable bonds is 2. The fourth-order valence-corrected chi connectivity index (χ4v) is 3.35. The number of nitrogens with one attached hydrogen (secondary N) is 1. The second-order valence-electron chi connectivity index (χ2n) is 5.41. The Morgan fingerprint density at radius 3 is 3.00 bits per heavy atom. The first-order chi connectivity index (χ1) is 8.78. The number of benzene rings is 1. The third-order valence-corrected chi connectivity index (χ3v) is 4.30. The molecule has 1 fully saturated rings. The lowest BCUT2D eigenvalue weighted by molar-refractivity contribution is 0.400. The van der Waals surface area contributed by atoms with Gasteiger partial charge >= 0.3 is 0 Å². The van der Waals surface area contributed by atoms with Crippen LogP contribution in [-0.4, -0.2) is 11.1 Å². The van der Waals surface area contributed by atoms with Crippen LogP contribution in [0.25, 0.3) is 0 Å². The minimum Gasteiger partial charge on any atom is -0.508 e. The summed E-state index contributed by atoms with van der Waals surface area (Å²) < 4.78 is 0. The van der Waals surface area contributed by atoms with Crippen LogP contribution in [0.5, 0.6) is 5.75 Å². The molecule has 0 radical (unpaired) electrons. The predicted octanol–water partition coefficient (Wildman–Crippen LogP) is 2.66. The van der Waals surface area contributed by atoms with Gasteiger partial charge in [0, 0.05) is 12.1 Å². The zero-order valence-electron chi connectivity index (χ0n) is 10.4. The Kier molecular flexibility index (Phi) is 2.97. The Morgan fingerprint density at radius 2 is 2.17 bits per heavy atom. The maximum atomic E-state index is 9.48. The van der Waals surface area contributed by atoms with E-state index in [4.69, 9.17) is 5.26 Å². The Morgan fingerprint density at radius 1 is 1.28 bits per heavy atom. The predicted molar refractivity (Wildman–Crippen MR) is 69.0 cm³/mol. The van der Waals surface area contributed by atoms with Gasteiger partial charge in [-0.05, 0) is 48.9 Å². The van der Waals surface area contributed by atoms with Gasteiger partial charge in [0.1, 0.15) is 5.75 Å². The van der Waals surface area contributed by atoms with Gasteiger partial charge in [0.05, 0.1) is 12.0 Å². The van der Waals surface area contributed by atoms with Crippen LogP contribution in [0.4, 0.5) is 0 Å². The zero-order valence-corrected chi connectivity index (χ0v) is 10.4. The van der Waals surface area contributed by atoms with Crippen LogP contribution in [0.1, 0.15) is 42.9 Å². The Hall–Kier alpha value is -1.53. The number of phenols is 1. The SMILES string of the molecule is N#CC1CCCC1NC1CCc2cc(O)ccc21. The summed E-state index contributed by atoms with van der Waals surface area (Å²) >= 11 is 0. The second kappa shape index (κ2) is 4.62. The first kappa shape index (κ1) is 11.6. The van der Waals surface area contributed by atoms with E-state index in [0.29, 0.717) is 17.8 Å². The highest BCUT2D eigenvalue weighted by Gasteiger charge is 2.31. The van der Waals surface area contributed by atoms with E-state index < -0.39 is 0 Å². The monoisotopic (exact) mass is 242 g/mol. The van der Waals surface area contributed by atoms with E-state index in [-0.39, 0.29) is 5.92 Å². The van der Waals surface area contributed by atoms with Gasteiger partial charge in [0.15, 0.2) is 0 Å². The molecule has 3 rings (SSSR count). The second-order valence-corrected chi connectivity index (χ2v) is 5.41. The van der Waals surface area contributed by atoms with Crippen molar-refractivity contribution in [2.45, 2.75) is 44.2 Å². The molecule has 2 aliphatic carbocycles. The van der Waals surface area contributed by atoms with E-state index in [9.17, 15) is 5.11 Å². The third kappa shape index (κ3) is 1.97. The van der Waals surface area contributed by atoms with Crippen molar-refractivity contribution in [3.63, 3.8) is 0 Å². The van der Waals surface area contributed by atoms with Gasteiger partial charge < -0.3 is 10.4 Å². The number of nitriles is 1. The maximum absolute atomic E-state index is 9.48. The van der Waals surface area contributed by atoms with E-state index in [0.717, 1.165) is 32.1 Å². The quantitative estimate of drug-likeness (QED) is 0.838. The number of aromatic hydroxyl groups is 1. The van der Waals surface area contributed by atoms with Gasteiger partial charge in [-0.1, -0.05) is 12.5 Å². The summed E-state index contributed by atoms with van der Waals surface area (Å²) in [5.74, 6) is 0.524. The summed E-state index contributed by atoms with van der Waals surface area (Å²) in [6.45, 7) is 0. The standard InChI is InChI=1S/C15H18N2O/c16-9-11-2-1-3-14(11)17-15-7-4-10-8-12(18)5-6-13(10)15/h5-6,8,11,14-15,17-18H,1-4,7H2. The molecule has 3 unspecified atom stereocenters. The van der Waals surface area contributed by atoms with Crippen molar-refractivity contribution in [3.05, 3.63) is 29.3 Å². The van der Waals surface area contributed by atoms with Crippen molar-refractivity contribution < 1.29 is 5.11 Å². The summed E-state index contributed by atoms with van der Waals surface area (Å²) in [6, 6.07) is 8.77. The fraction of sp³-hybridized carbons (Fsp3) is 0.533. The number of hydrogen-bond acceptors (Lipinski definition) is 3. The van der Waals surface area contributed by atoms with Crippen molar-refractivity contribution in [3.8, 4) is 11.8 Å². The van der Waals surface area contributed by atoms with Crippen LogP contribution in [-0.2, 0) is 6.42 Å². The molecule has 0 saturated heterocycles. The molecule has 18 heavy (non-hydrogen) atoms. The van der Waals surface area contributed by atoms with Gasteiger partial charge in [-0.15, -0.1) is 0 Å². The minimum atomic E-state index is 0.172. The van der Waals surface area contributed by atoms with Crippen LogP contribution >= 0.6 is 0 Å². The number of aryl methyl sites for hydroxylation is 1. The van der Waals surface area contributed by atoms with Gasteiger partial charge in [-0.25, -0.2) is 0 Å². The van der Waals surface area contributed by atoms with E-state index in [1.807, 2.05) is 12.1 Å². The molecule has 0 heterocycles. The molecule has 0 spiro atoms. The summed E-state index contributed by atoms with van der Waals surface area (Å²) in [4.78, 5) is 0. The molecular formula is C15H18N2O. The number of hydrogen-bond donors (Lipinski definition) is 2. The maximum Gasteiger partial charge on any atom is 0.115 e. The van der Waals surface area contributed by atoms with Crippen LogP contribution in [0.15, 0.2) is 18.2 Å². The van der Waals surface area contributed by atoms with Crippen molar-refractivity contribution in [2.24, 2.45) is 5.92 Å². The molecule has 3 heteroatoms. The van der Waals surface area contributed by atoms with Gasteiger partial charge in [-0.3, -0.25) is 0 Å². The number of phenolic OH excluding ortho intramolecular Hbond substituents is 1. The Labute approximate surface area is 107 Å². The van der Waals surface area contributed by atoms with E-state index in [2.05, 4.69) is 11.4 Å². The highest BCUT2D eigenvalue weighted by molar-refractivity contribution is 5.40. The molecule has 0 aromatic heterocycles. The number of fused-ring (bicyclic) bond motifs is 1. The van der Waals surface area contributed by atoms with Crippen LogP contribution < -0.4 is 5.32 Å². The zero-order chi connectivity index (χ0) is 12.5. The van der Waals surface area contributed by atoms with E-state index >= 15 is 0 Å². The average Bonchev–Trinajstić information content (AvgIpc) is 2.96. The fourth-order valence-electron chi connectivity index (χ4n) is 3.35. The van der Waals surface area contributed by atoms with Crippen molar-refractivity contribution in [2.75, 3.05) is 0 Å². The normalized spacial score (nSPS) is 30.1. The summed E-state index contributed by atoms with van der Waals surface area (Å²) in [7, 11) is 0. The van der Waals surface area contributed by atoms with E-state index in [1.54, 1.807) is 6.07 Å². The molecule has 1 saturated carbocycles. The lowest BCUT2D eigenvalue weighted by Gasteiger charge is -2.22. The molecule has 0 amide bonds. The first-order valence-electron chi connectivity index (χ1n) is 6.75. The minimum absolute atomic E-state index is 0.172. The summed E-state index contributed by atoms with van der Waals surface area (Å²) in [6.07, 6.45) is 5.40. The molecule has 0 aliphatic heterocycles. The molecule has 94 valence electrons. The lowest BCUT2D eigenvalue weighted by atomic mass is 10.0. The lowest BCUT2D eigenvalue weighted by Crippen LogP contribution is -2.34. The van der Waals surface area contributed by atoms with Gasteiger partial charge in [-0.2, -0.15) is 5.26 Å². The molecule has 0 bridgehead atoms.